The Morgan fingerprint density at radius 1 is 1.09 bits per heavy atom. The number of nitrogen functional groups attached to an aromatic ring is 1. The quantitative estimate of drug-likeness (QED) is 0.752. The van der Waals surface area contributed by atoms with E-state index in [2.05, 4.69) is 5.10 Å². The van der Waals surface area contributed by atoms with E-state index in [-0.39, 0.29) is 5.82 Å². The second-order valence-electron chi connectivity index (χ2n) is 4.99. The molecule has 0 unspecified atom stereocenters. The molecule has 0 bridgehead atoms. The number of benzene rings is 2. The maximum absolute atomic E-state index is 14.1. The summed E-state index contributed by atoms with van der Waals surface area (Å²) in [6, 6.07) is 14.6. The number of rotatable bonds is 4. The average molecular weight is 297 g/mol. The Morgan fingerprint density at radius 3 is 2.41 bits per heavy atom. The summed E-state index contributed by atoms with van der Waals surface area (Å²) in [7, 11) is 1.62. The summed E-state index contributed by atoms with van der Waals surface area (Å²) in [5, 5.41) is 4.32. The maximum atomic E-state index is 14.1. The predicted molar refractivity (Wildman–Crippen MR) is 84.1 cm³/mol. The smallest absolute Gasteiger partial charge is 0.169 e. The number of aromatic nitrogens is 2. The Labute approximate surface area is 128 Å². The van der Waals surface area contributed by atoms with E-state index in [4.69, 9.17) is 10.5 Å². The molecule has 0 saturated heterocycles. The number of methoxy groups -OCH3 is 1. The van der Waals surface area contributed by atoms with Crippen LogP contribution in [0.3, 0.4) is 0 Å². The van der Waals surface area contributed by atoms with Crippen LogP contribution in [0.2, 0.25) is 0 Å². The number of hydrogen-bond acceptors (Lipinski definition) is 3. The number of hydrogen-bond donors (Lipinski definition) is 1. The van der Waals surface area contributed by atoms with Gasteiger partial charge in [-0.25, -0.2) is 4.39 Å². The highest BCUT2D eigenvalue weighted by atomic mass is 19.1. The highest BCUT2D eigenvalue weighted by molar-refractivity contribution is 5.62. The summed E-state index contributed by atoms with van der Waals surface area (Å²) < 4.78 is 20.8. The molecule has 0 amide bonds. The van der Waals surface area contributed by atoms with Crippen molar-refractivity contribution in [2.75, 3.05) is 12.8 Å². The molecule has 0 aliphatic carbocycles. The fourth-order valence-corrected chi connectivity index (χ4v) is 2.23. The van der Waals surface area contributed by atoms with Crippen molar-refractivity contribution < 1.29 is 9.13 Å². The van der Waals surface area contributed by atoms with Gasteiger partial charge in [0, 0.05) is 11.3 Å². The lowest BCUT2D eigenvalue weighted by molar-refractivity contribution is 0.414. The lowest BCUT2D eigenvalue weighted by atomic mass is 10.1. The second kappa shape index (κ2) is 5.89. The van der Waals surface area contributed by atoms with Crippen LogP contribution in [0.4, 0.5) is 10.1 Å². The number of ether oxygens (including phenoxy) is 1. The third kappa shape index (κ3) is 2.93. The average Bonchev–Trinajstić information content (AvgIpc) is 2.89. The van der Waals surface area contributed by atoms with Crippen molar-refractivity contribution in [1.29, 1.82) is 0 Å². The van der Waals surface area contributed by atoms with Crippen molar-refractivity contribution >= 4 is 5.69 Å². The molecule has 0 aliphatic rings. The first-order valence-corrected chi connectivity index (χ1v) is 6.87. The van der Waals surface area contributed by atoms with Gasteiger partial charge >= 0.3 is 0 Å². The van der Waals surface area contributed by atoms with Crippen LogP contribution in [0.15, 0.2) is 54.7 Å². The molecule has 3 aromatic rings. The van der Waals surface area contributed by atoms with E-state index < -0.39 is 0 Å². The standard InChI is InChI=1S/C17H16FN3O/c1-22-15-8-2-12(3-9-15)10-21-11-16(18)17(20-21)13-4-6-14(19)7-5-13/h2-9,11H,10,19H2,1H3. The largest absolute Gasteiger partial charge is 0.497 e. The predicted octanol–water partition coefficient (Wildman–Crippen LogP) is 3.33. The van der Waals surface area contributed by atoms with Crippen molar-refractivity contribution in [3.05, 3.63) is 66.1 Å². The maximum Gasteiger partial charge on any atom is 0.169 e. The van der Waals surface area contributed by atoms with Gasteiger partial charge in [-0.3, -0.25) is 4.68 Å². The zero-order valence-electron chi connectivity index (χ0n) is 12.2. The van der Waals surface area contributed by atoms with Gasteiger partial charge in [0.15, 0.2) is 5.82 Å². The molecule has 0 fully saturated rings. The third-order valence-corrected chi connectivity index (χ3v) is 3.40. The molecule has 3 rings (SSSR count). The highest BCUT2D eigenvalue weighted by Crippen LogP contribution is 2.22. The zero-order chi connectivity index (χ0) is 15.5. The zero-order valence-corrected chi connectivity index (χ0v) is 12.2. The Bertz CT molecular complexity index is 764. The molecule has 0 spiro atoms. The topological polar surface area (TPSA) is 53.1 Å². The van der Waals surface area contributed by atoms with Crippen LogP contribution in [0.1, 0.15) is 5.56 Å². The minimum atomic E-state index is -0.349. The van der Waals surface area contributed by atoms with Crippen molar-refractivity contribution in [2.45, 2.75) is 6.54 Å². The molecule has 0 saturated carbocycles. The fraction of sp³-hybridized carbons (Fsp3) is 0.118. The third-order valence-electron chi connectivity index (χ3n) is 3.40. The Morgan fingerprint density at radius 2 is 1.77 bits per heavy atom. The van der Waals surface area contributed by atoms with Crippen molar-refractivity contribution in [1.82, 2.24) is 9.78 Å². The summed E-state index contributed by atoms with van der Waals surface area (Å²) in [6.45, 7) is 0.496. The van der Waals surface area contributed by atoms with E-state index in [1.54, 1.807) is 36.1 Å². The van der Waals surface area contributed by atoms with E-state index >= 15 is 0 Å². The van der Waals surface area contributed by atoms with Gasteiger partial charge in [-0.15, -0.1) is 0 Å². The molecule has 4 nitrogen and oxygen atoms in total. The summed E-state index contributed by atoms with van der Waals surface area (Å²) >= 11 is 0. The van der Waals surface area contributed by atoms with Gasteiger partial charge in [0.05, 0.1) is 19.9 Å². The summed E-state index contributed by atoms with van der Waals surface area (Å²) in [4.78, 5) is 0. The number of nitrogens with zero attached hydrogens (tertiary/aromatic N) is 2. The monoisotopic (exact) mass is 297 g/mol. The number of anilines is 1. The normalized spacial score (nSPS) is 10.6. The van der Waals surface area contributed by atoms with E-state index in [1.807, 2.05) is 24.3 Å². The van der Waals surface area contributed by atoms with Crippen LogP contribution in [-0.4, -0.2) is 16.9 Å². The molecule has 1 heterocycles. The highest BCUT2D eigenvalue weighted by Gasteiger charge is 2.11. The van der Waals surface area contributed by atoms with Crippen molar-refractivity contribution in [3.63, 3.8) is 0 Å². The molecular formula is C17H16FN3O. The van der Waals surface area contributed by atoms with Crippen LogP contribution in [0.25, 0.3) is 11.3 Å². The molecule has 0 atom stereocenters. The first-order chi connectivity index (χ1) is 10.7. The Balaban J connectivity index is 1.83. The van der Waals surface area contributed by atoms with Gasteiger partial charge in [-0.2, -0.15) is 5.10 Å². The Kier molecular flexibility index (Phi) is 3.78. The van der Waals surface area contributed by atoms with Crippen molar-refractivity contribution in [3.8, 4) is 17.0 Å². The SMILES string of the molecule is COc1ccc(Cn2cc(F)c(-c3ccc(N)cc3)n2)cc1. The molecule has 22 heavy (non-hydrogen) atoms. The van der Waals surface area contributed by atoms with Crippen LogP contribution in [-0.2, 0) is 6.54 Å². The molecule has 1 aromatic heterocycles. The molecule has 2 aromatic carbocycles. The van der Waals surface area contributed by atoms with Gasteiger partial charge in [-0.1, -0.05) is 24.3 Å². The molecule has 112 valence electrons. The van der Waals surface area contributed by atoms with E-state index in [0.29, 0.717) is 23.5 Å². The van der Waals surface area contributed by atoms with Crippen molar-refractivity contribution in [2.24, 2.45) is 0 Å². The second-order valence-corrected chi connectivity index (χ2v) is 4.99. The number of nitrogens with two attached hydrogens (primary N) is 1. The van der Waals surface area contributed by atoms with Crippen LogP contribution in [0.5, 0.6) is 5.75 Å². The number of halogens is 1. The minimum Gasteiger partial charge on any atom is -0.497 e. The minimum absolute atomic E-state index is 0.327. The molecule has 0 aliphatic heterocycles. The molecular weight excluding hydrogens is 281 g/mol. The summed E-state index contributed by atoms with van der Waals surface area (Å²) in [5.74, 6) is 0.441. The van der Waals surface area contributed by atoms with Gasteiger partial charge in [-0.05, 0) is 29.8 Å². The van der Waals surface area contributed by atoms with E-state index in [1.165, 1.54) is 6.20 Å². The first kappa shape index (κ1) is 14.1. The van der Waals surface area contributed by atoms with Crippen LogP contribution in [0, 0.1) is 5.82 Å². The lowest BCUT2D eigenvalue weighted by Crippen LogP contribution is -2.00. The lowest BCUT2D eigenvalue weighted by Gasteiger charge is -2.04. The molecule has 2 N–H and O–H groups in total. The van der Waals surface area contributed by atoms with Gasteiger partial charge in [0.2, 0.25) is 0 Å². The first-order valence-electron chi connectivity index (χ1n) is 6.87. The van der Waals surface area contributed by atoms with Crippen LogP contribution < -0.4 is 10.5 Å². The van der Waals surface area contributed by atoms with Crippen LogP contribution >= 0.6 is 0 Å². The van der Waals surface area contributed by atoms with E-state index in [9.17, 15) is 4.39 Å². The molecule has 0 radical (unpaired) electrons. The van der Waals surface area contributed by atoms with E-state index in [0.717, 1.165) is 11.3 Å². The van der Waals surface area contributed by atoms with Gasteiger partial charge < -0.3 is 10.5 Å². The Hall–Kier alpha value is -2.82. The molecule has 5 heteroatoms. The van der Waals surface area contributed by atoms with Gasteiger partial charge in [0.25, 0.3) is 0 Å². The summed E-state index contributed by atoms with van der Waals surface area (Å²) in [6.07, 6.45) is 1.40. The fourth-order valence-electron chi connectivity index (χ4n) is 2.23. The summed E-state index contributed by atoms with van der Waals surface area (Å²) in [5.41, 5.74) is 8.34. The van der Waals surface area contributed by atoms with Gasteiger partial charge in [0.1, 0.15) is 11.4 Å².